The van der Waals surface area contributed by atoms with Crippen molar-refractivity contribution in [2.45, 2.75) is 0 Å². The maximum atomic E-state index is 11.1. The van der Waals surface area contributed by atoms with Gasteiger partial charge in [0.05, 0.1) is 17.3 Å². The van der Waals surface area contributed by atoms with Gasteiger partial charge in [0.25, 0.3) is 0 Å². The molecule has 0 N–H and O–H groups in total. The Labute approximate surface area is 120 Å². The van der Waals surface area contributed by atoms with Crippen LogP contribution in [-0.2, 0) is 0 Å². The van der Waals surface area contributed by atoms with Crippen molar-refractivity contribution in [3.63, 3.8) is 0 Å². The number of benzene rings is 2. The second-order valence-electron chi connectivity index (χ2n) is 4.04. The van der Waals surface area contributed by atoms with E-state index in [9.17, 15) is 4.79 Å². The van der Waals surface area contributed by atoms with E-state index in [2.05, 4.69) is 22.0 Å². The SMILES string of the molecule is CN(c1cccc(C#N)c1)c1cc(Br)ccc1C=O. The van der Waals surface area contributed by atoms with Crippen LogP contribution in [0, 0.1) is 11.3 Å². The molecule has 2 rings (SSSR count). The molecule has 0 aliphatic heterocycles. The number of aldehydes is 1. The molecule has 0 aromatic heterocycles. The fraction of sp³-hybridized carbons (Fsp3) is 0.0667. The second-order valence-corrected chi connectivity index (χ2v) is 4.96. The Bertz CT molecular complexity index is 661. The summed E-state index contributed by atoms with van der Waals surface area (Å²) < 4.78 is 0.899. The molecule has 0 atom stereocenters. The van der Waals surface area contributed by atoms with Crippen molar-refractivity contribution in [1.82, 2.24) is 0 Å². The first-order valence-electron chi connectivity index (χ1n) is 5.64. The fourth-order valence-electron chi connectivity index (χ4n) is 1.83. The molecule has 0 aliphatic carbocycles. The number of anilines is 2. The van der Waals surface area contributed by atoms with Crippen LogP contribution in [0.15, 0.2) is 46.9 Å². The number of hydrogen-bond donors (Lipinski definition) is 0. The standard InChI is InChI=1S/C15H11BrN2O/c1-18(14-4-2-3-11(7-14)9-17)15-8-13(16)6-5-12(15)10-19/h2-8,10H,1H3. The normalized spacial score (nSPS) is 9.74. The molecule has 0 fully saturated rings. The smallest absolute Gasteiger partial charge is 0.152 e. The first kappa shape index (κ1) is 13.3. The van der Waals surface area contributed by atoms with Crippen molar-refractivity contribution >= 4 is 33.6 Å². The first-order chi connectivity index (χ1) is 9.15. The molecule has 0 heterocycles. The summed E-state index contributed by atoms with van der Waals surface area (Å²) in [6.45, 7) is 0. The van der Waals surface area contributed by atoms with E-state index in [0.29, 0.717) is 11.1 Å². The summed E-state index contributed by atoms with van der Waals surface area (Å²) in [5.41, 5.74) is 2.85. The van der Waals surface area contributed by atoms with Crippen LogP contribution in [0.5, 0.6) is 0 Å². The molecule has 0 aliphatic rings. The fourth-order valence-corrected chi connectivity index (χ4v) is 2.18. The van der Waals surface area contributed by atoms with E-state index in [1.54, 1.807) is 18.2 Å². The van der Waals surface area contributed by atoms with Crippen LogP contribution in [0.25, 0.3) is 0 Å². The summed E-state index contributed by atoms with van der Waals surface area (Å²) in [6.07, 6.45) is 0.826. The van der Waals surface area contributed by atoms with Gasteiger partial charge in [0, 0.05) is 22.8 Å². The molecule has 0 bridgehead atoms. The Morgan fingerprint density at radius 2 is 2.05 bits per heavy atom. The van der Waals surface area contributed by atoms with Gasteiger partial charge < -0.3 is 4.90 Å². The lowest BCUT2D eigenvalue weighted by atomic mass is 10.1. The molecule has 0 radical (unpaired) electrons. The molecule has 0 spiro atoms. The second kappa shape index (κ2) is 5.68. The Morgan fingerprint density at radius 1 is 1.26 bits per heavy atom. The molecule has 2 aromatic carbocycles. The van der Waals surface area contributed by atoms with Gasteiger partial charge >= 0.3 is 0 Å². The number of carbonyl (C=O) groups is 1. The van der Waals surface area contributed by atoms with Crippen molar-refractivity contribution in [1.29, 1.82) is 5.26 Å². The minimum Gasteiger partial charge on any atom is -0.344 e. The Morgan fingerprint density at radius 3 is 2.74 bits per heavy atom. The predicted octanol–water partition coefficient (Wildman–Crippen LogP) is 3.90. The number of hydrogen-bond acceptors (Lipinski definition) is 3. The van der Waals surface area contributed by atoms with Gasteiger partial charge in [-0.2, -0.15) is 5.26 Å². The summed E-state index contributed by atoms with van der Waals surface area (Å²) >= 11 is 3.40. The van der Waals surface area contributed by atoms with Gasteiger partial charge in [0.15, 0.2) is 6.29 Å². The number of halogens is 1. The number of carbonyl (C=O) groups excluding carboxylic acids is 1. The molecule has 0 saturated carbocycles. The van der Waals surface area contributed by atoms with Crippen LogP contribution in [0.2, 0.25) is 0 Å². The third-order valence-corrected chi connectivity index (χ3v) is 3.34. The molecule has 94 valence electrons. The van der Waals surface area contributed by atoms with Gasteiger partial charge in [-0.05, 0) is 36.4 Å². The summed E-state index contributed by atoms with van der Waals surface area (Å²) in [5, 5.41) is 8.93. The zero-order valence-electron chi connectivity index (χ0n) is 10.3. The molecule has 0 saturated heterocycles. The highest BCUT2D eigenvalue weighted by Gasteiger charge is 2.10. The van der Waals surface area contributed by atoms with Crippen LogP contribution >= 0.6 is 15.9 Å². The van der Waals surface area contributed by atoms with Gasteiger partial charge in [-0.3, -0.25) is 4.79 Å². The van der Waals surface area contributed by atoms with E-state index in [0.717, 1.165) is 22.1 Å². The van der Waals surface area contributed by atoms with Gasteiger partial charge in [0.1, 0.15) is 0 Å². The number of rotatable bonds is 3. The maximum absolute atomic E-state index is 11.1. The summed E-state index contributed by atoms with van der Waals surface area (Å²) in [7, 11) is 1.87. The Kier molecular flexibility index (Phi) is 3.98. The number of nitrogens with zero attached hydrogens (tertiary/aromatic N) is 2. The Balaban J connectivity index is 2.49. The molecule has 2 aromatic rings. The highest BCUT2D eigenvalue weighted by molar-refractivity contribution is 9.10. The lowest BCUT2D eigenvalue weighted by molar-refractivity contribution is 0.112. The number of nitriles is 1. The highest BCUT2D eigenvalue weighted by atomic mass is 79.9. The van der Waals surface area contributed by atoms with Crippen LogP contribution in [0.4, 0.5) is 11.4 Å². The minimum absolute atomic E-state index is 0.590. The minimum atomic E-state index is 0.590. The topological polar surface area (TPSA) is 44.1 Å². The van der Waals surface area contributed by atoms with E-state index in [-0.39, 0.29) is 0 Å². The van der Waals surface area contributed by atoms with Gasteiger partial charge in [-0.15, -0.1) is 0 Å². The van der Waals surface area contributed by atoms with Crippen molar-refractivity contribution in [2.75, 3.05) is 11.9 Å². The predicted molar refractivity (Wildman–Crippen MR) is 78.7 cm³/mol. The molecule has 19 heavy (non-hydrogen) atoms. The third kappa shape index (κ3) is 2.83. The van der Waals surface area contributed by atoms with Crippen LogP contribution in [0.3, 0.4) is 0 Å². The van der Waals surface area contributed by atoms with E-state index < -0.39 is 0 Å². The zero-order valence-corrected chi connectivity index (χ0v) is 11.9. The zero-order chi connectivity index (χ0) is 13.8. The highest BCUT2D eigenvalue weighted by Crippen LogP contribution is 2.29. The first-order valence-corrected chi connectivity index (χ1v) is 6.43. The molecular weight excluding hydrogens is 304 g/mol. The van der Waals surface area contributed by atoms with Gasteiger partial charge in [0.2, 0.25) is 0 Å². The van der Waals surface area contributed by atoms with Gasteiger partial charge in [-0.1, -0.05) is 22.0 Å². The van der Waals surface area contributed by atoms with Gasteiger partial charge in [-0.25, -0.2) is 0 Å². The molecule has 4 heteroatoms. The van der Waals surface area contributed by atoms with Crippen LogP contribution < -0.4 is 4.90 Å². The largest absolute Gasteiger partial charge is 0.344 e. The molecular formula is C15H11BrN2O. The van der Waals surface area contributed by atoms with Crippen molar-refractivity contribution in [3.05, 3.63) is 58.1 Å². The quantitative estimate of drug-likeness (QED) is 0.807. The average molecular weight is 315 g/mol. The molecule has 0 amide bonds. The average Bonchev–Trinajstić information content (AvgIpc) is 2.46. The van der Waals surface area contributed by atoms with Crippen molar-refractivity contribution in [2.24, 2.45) is 0 Å². The lowest BCUT2D eigenvalue weighted by Crippen LogP contribution is -2.11. The summed E-state index contributed by atoms with van der Waals surface area (Å²) in [6, 6.07) is 14.8. The molecule has 3 nitrogen and oxygen atoms in total. The van der Waals surface area contributed by atoms with Crippen LogP contribution in [0.1, 0.15) is 15.9 Å². The maximum Gasteiger partial charge on any atom is 0.152 e. The third-order valence-electron chi connectivity index (χ3n) is 2.84. The Hall–Kier alpha value is -2.12. The van der Waals surface area contributed by atoms with E-state index >= 15 is 0 Å². The summed E-state index contributed by atoms with van der Waals surface area (Å²) in [4.78, 5) is 13.0. The molecule has 0 unspecified atom stereocenters. The summed E-state index contributed by atoms with van der Waals surface area (Å²) in [5.74, 6) is 0. The van der Waals surface area contributed by atoms with E-state index in [1.165, 1.54) is 0 Å². The van der Waals surface area contributed by atoms with Crippen LogP contribution in [-0.4, -0.2) is 13.3 Å². The van der Waals surface area contributed by atoms with Crippen molar-refractivity contribution < 1.29 is 4.79 Å². The van der Waals surface area contributed by atoms with E-state index in [4.69, 9.17) is 5.26 Å². The lowest BCUT2D eigenvalue weighted by Gasteiger charge is -2.21. The van der Waals surface area contributed by atoms with Crippen molar-refractivity contribution in [3.8, 4) is 6.07 Å². The van der Waals surface area contributed by atoms with E-state index in [1.807, 2.05) is 36.2 Å². The monoisotopic (exact) mass is 314 g/mol.